The van der Waals surface area contributed by atoms with Crippen LogP contribution in [0.3, 0.4) is 0 Å². The van der Waals surface area contributed by atoms with Gasteiger partial charge in [-0.2, -0.15) is 0 Å². The molecule has 2 N–H and O–H groups in total. The van der Waals surface area contributed by atoms with Crippen LogP contribution in [0, 0.1) is 5.82 Å². The molecule has 17 heavy (non-hydrogen) atoms. The maximum atomic E-state index is 13.0. The van der Waals surface area contributed by atoms with Gasteiger partial charge in [-0.3, -0.25) is 0 Å². The number of nitrogens with zero attached hydrogens (tertiary/aromatic N) is 4. The lowest BCUT2D eigenvalue weighted by Gasteiger charge is -2.10. The predicted octanol–water partition coefficient (Wildman–Crippen LogP) is 1.14. The molecule has 0 aliphatic rings. The van der Waals surface area contributed by atoms with Crippen molar-refractivity contribution in [3.63, 3.8) is 0 Å². The Balaban J connectivity index is 1.98. The first kappa shape index (κ1) is 12.0. The Labute approximate surface area is 102 Å². The number of tetrazole rings is 1. The minimum atomic E-state index is -0.275. The number of rotatable bonds is 4. The van der Waals surface area contributed by atoms with E-state index in [9.17, 15) is 4.39 Å². The van der Waals surface area contributed by atoms with Crippen LogP contribution in [0.5, 0.6) is 0 Å². The van der Waals surface area contributed by atoms with Gasteiger partial charge in [0.2, 0.25) is 5.16 Å². The first-order valence-electron chi connectivity index (χ1n) is 5.03. The molecule has 0 saturated heterocycles. The number of hydrogen-bond donors (Lipinski definition) is 1. The van der Waals surface area contributed by atoms with E-state index in [0.29, 0.717) is 10.9 Å². The Morgan fingerprint density at radius 3 is 3.00 bits per heavy atom. The van der Waals surface area contributed by atoms with Gasteiger partial charge in [0, 0.05) is 18.8 Å². The SMILES string of the molecule is Cn1nnnc1SCC(N)c1cccc(F)c1. The van der Waals surface area contributed by atoms with E-state index >= 15 is 0 Å². The molecule has 1 aromatic heterocycles. The first-order chi connectivity index (χ1) is 8.16. The van der Waals surface area contributed by atoms with E-state index in [0.717, 1.165) is 5.56 Å². The third-order valence-corrected chi connectivity index (χ3v) is 3.38. The van der Waals surface area contributed by atoms with E-state index in [-0.39, 0.29) is 11.9 Å². The van der Waals surface area contributed by atoms with Crippen molar-refractivity contribution in [3.05, 3.63) is 35.6 Å². The minimum absolute atomic E-state index is 0.243. The molecule has 90 valence electrons. The standard InChI is InChI=1S/C10H12FN5S/c1-16-10(13-14-15-16)17-6-9(12)7-3-2-4-8(11)5-7/h2-5,9H,6,12H2,1H3. The molecule has 2 rings (SSSR count). The van der Waals surface area contributed by atoms with Gasteiger partial charge in [-0.05, 0) is 28.1 Å². The fourth-order valence-electron chi connectivity index (χ4n) is 1.34. The maximum Gasteiger partial charge on any atom is 0.209 e. The topological polar surface area (TPSA) is 69.6 Å². The number of thioether (sulfide) groups is 1. The Morgan fingerprint density at radius 2 is 2.35 bits per heavy atom. The van der Waals surface area contributed by atoms with Gasteiger partial charge in [-0.1, -0.05) is 23.9 Å². The second-order valence-corrected chi connectivity index (χ2v) is 4.54. The van der Waals surface area contributed by atoms with Crippen molar-refractivity contribution < 1.29 is 4.39 Å². The summed E-state index contributed by atoms with van der Waals surface area (Å²) in [4.78, 5) is 0. The zero-order chi connectivity index (χ0) is 12.3. The number of aryl methyl sites for hydroxylation is 1. The van der Waals surface area contributed by atoms with Crippen LogP contribution in [-0.2, 0) is 7.05 Å². The number of aromatic nitrogens is 4. The van der Waals surface area contributed by atoms with Crippen molar-refractivity contribution in [3.8, 4) is 0 Å². The Bertz CT molecular complexity index is 501. The van der Waals surface area contributed by atoms with Gasteiger partial charge >= 0.3 is 0 Å². The van der Waals surface area contributed by atoms with Crippen molar-refractivity contribution in [1.82, 2.24) is 20.2 Å². The van der Waals surface area contributed by atoms with Crippen LogP contribution in [0.25, 0.3) is 0 Å². The lowest BCUT2D eigenvalue weighted by atomic mass is 10.1. The van der Waals surface area contributed by atoms with Crippen LogP contribution in [0.4, 0.5) is 4.39 Å². The lowest BCUT2D eigenvalue weighted by Crippen LogP contribution is -2.13. The Hall–Kier alpha value is -1.47. The smallest absolute Gasteiger partial charge is 0.209 e. The molecule has 1 heterocycles. The van der Waals surface area contributed by atoms with E-state index < -0.39 is 0 Å². The third kappa shape index (κ3) is 3.01. The first-order valence-corrected chi connectivity index (χ1v) is 6.01. The van der Waals surface area contributed by atoms with Crippen molar-refractivity contribution in [1.29, 1.82) is 0 Å². The van der Waals surface area contributed by atoms with E-state index in [4.69, 9.17) is 5.73 Å². The van der Waals surface area contributed by atoms with Crippen LogP contribution in [0.15, 0.2) is 29.4 Å². The van der Waals surface area contributed by atoms with E-state index in [2.05, 4.69) is 15.5 Å². The molecule has 2 aromatic rings. The molecular formula is C10H12FN5S. The van der Waals surface area contributed by atoms with Crippen LogP contribution in [0.1, 0.15) is 11.6 Å². The number of benzene rings is 1. The summed E-state index contributed by atoms with van der Waals surface area (Å²) >= 11 is 1.44. The minimum Gasteiger partial charge on any atom is -0.323 e. The second kappa shape index (κ2) is 5.24. The molecule has 0 bridgehead atoms. The number of nitrogens with two attached hydrogens (primary N) is 1. The van der Waals surface area contributed by atoms with E-state index in [1.54, 1.807) is 17.8 Å². The number of halogens is 1. The predicted molar refractivity (Wildman–Crippen MR) is 62.9 cm³/mol. The molecule has 0 fully saturated rings. The van der Waals surface area contributed by atoms with Crippen LogP contribution >= 0.6 is 11.8 Å². The molecule has 0 amide bonds. The summed E-state index contributed by atoms with van der Waals surface area (Å²) in [5.74, 6) is 0.320. The highest BCUT2D eigenvalue weighted by atomic mass is 32.2. The largest absolute Gasteiger partial charge is 0.323 e. The Morgan fingerprint density at radius 1 is 1.53 bits per heavy atom. The van der Waals surface area contributed by atoms with Crippen molar-refractivity contribution in [2.75, 3.05) is 5.75 Å². The van der Waals surface area contributed by atoms with Gasteiger partial charge in [0.15, 0.2) is 0 Å². The zero-order valence-electron chi connectivity index (χ0n) is 9.25. The van der Waals surface area contributed by atoms with Gasteiger partial charge < -0.3 is 5.73 Å². The van der Waals surface area contributed by atoms with Gasteiger partial charge in [0.25, 0.3) is 0 Å². The normalized spacial score (nSPS) is 12.6. The average molecular weight is 253 g/mol. The summed E-state index contributed by atoms with van der Waals surface area (Å²) in [7, 11) is 1.76. The molecule has 1 unspecified atom stereocenters. The molecule has 5 nitrogen and oxygen atoms in total. The summed E-state index contributed by atoms with van der Waals surface area (Å²) in [5.41, 5.74) is 6.74. The van der Waals surface area contributed by atoms with Crippen LogP contribution < -0.4 is 5.73 Å². The Kier molecular flexibility index (Phi) is 3.70. The van der Waals surface area contributed by atoms with Crippen LogP contribution in [0.2, 0.25) is 0 Å². The lowest BCUT2D eigenvalue weighted by molar-refractivity contribution is 0.622. The molecule has 0 aliphatic carbocycles. The van der Waals surface area contributed by atoms with Crippen LogP contribution in [-0.4, -0.2) is 26.0 Å². The molecule has 0 radical (unpaired) electrons. The molecule has 0 aliphatic heterocycles. The quantitative estimate of drug-likeness (QED) is 0.827. The van der Waals surface area contributed by atoms with Crippen molar-refractivity contribution >= 4 is 11.8 Å². The molecule has 0 saturated carbocycles. The molecule has 1 atom stereocenters. The summed E-state index contributed by atoms with van der Waals surface area (Å²) in [6.07, 6.45) is 0. The highest BCUT2D eigenvalue weighted by Gasteiger charge is 2.10. The van der Waals surface area contributed by atoms with Crippen molar-refractivity contribution in [2.24, 2.45) is 12.8 Å². The summed E-state index contributed by atoms with van der Waals surface area (Å²) in [6.45, 7) is 0. The van der Waals surface area contributed by atoms with Crippen molar-refractivity contribution in [2.45, 2.75) is 11.2 Å². The maximum absolute atomic E-state index is 13.0. The zero-order valence-corrected chi connectivity index (χ0v) is 10.1. The highest BCUT2D eigenvalue weighted by Crippen LogP contribution is 2.21. The number of hydrogen-bond acceptors (Lipinski definition) is 5. The summed E-state index contributed by atoms with van der Waals surface area (Å²) in [6, 6.07) is 6.06. The molecule has 1 aromatic carbocycles. The second-order valence-electron chi connectivity index (χ2n) is 3.56. The van der Waals surface area contributed by atoms with E-state index in [1.807, 2.05) is 6.07 Å². The highest BCUT2D eigenvalue weighted by molar-refractivity contribution is 7.99. The van der Waals surface area contributed by atoms with Gasteiger partial charge in [0.1, 0.15) is 5.82 Å². The molecule has 7 heteroatoms. The molecular weight excluding hydrogens is 241 g/mol. The van der Waals surface area contributed by atoms with Gasteiger partial charge in [-0.15, -0.1) is 5.10 Å². The average Bonchev–Trinajstić information content (AvgIpc) is 2.72. The fraction of sp³-hybridized carbons (Fsp3) is 0.300. The molecule has 0 spiro atoms. The summed E-state index contributed by atoms with van der Waals surface area (Å²) < 4.78 is 14.6. The summed E-state index contributed by atoms with van der Waals surface area (Å²) in [5, 5.41) is 11.8. The fourth-order valence-corrected chi connectivity index (χ4v) is 2.18. The van der Waals surface area contributed by atoms with Gasteiger partial charge in [-0.25, -0.2) is 9.07 Å². The third-order valence-electron chi connectivity index (χ3n) is 2.25. The monoisotopic (exact) mass is 253 g/mol. The van der Waals surface area contributed by atoms with E-state index in [1.165, 1.54) is 23.9 Å². The van der Waals surface area contributed by atoms with Gasteiger partial charge in [0.05, 0.1) is 0 Å².